The average molecular weight is 486 g/mol. The van der Waals surface area contributed by atoms with E-state index in [0.717, 1.165) is 10.4 Å². The Kier molecular flexibility index (Phi) is 6.57. The number of hydrogen-bond donors (Lipinski definition) is 1. The molecule has 172 valence electrons. The van der Waals surface area contributed by atoms with E-state index in [1.807, 2.05) is 47.8 Å². The Morgan fingerprint density at radius 2 is 1.67 bits per heavy atom. The molecule has 2 aromatic heterocycles. The molecule has 0 unspecified atom stereocenters. The van der Waals surface area contributed by atoms with Gasteiger partial charge in [0.15, 0.2) is 11.5 Å². The van der Waals surface area contributed by atoms with Crippen LogP contribution in [-0.2, 0) is 16.6 Å². The standard InChI is InChI=1S/C23H23N3O5S2/c1-29-18-12-17(13-19(30-2)23(18)31-3)25-33(27,28)21-15-26(14-16-8-5-4-6-9-16)24-22(21)20-10-7-11-32-20/h4-13,15,25H,14H2,1-3H3. The summed E-state index contributed by atoms with van der Waals surface area (Å²) < 4.78 is 47.2. The fraction of sp³-hybridized carbons (Fsp3) is 0.174. The maximum Gasteiger partial charge on any atom is 0.265 e. The summed E-state index contributed by atoms with van der Waals surface area (Å²) >= 11 is 1.42. The third kappa shape index (κ3) is 4.81. The molecule has 2 aromatic carbocycles. The van der Waals surface area contributed by atoms with Gasteiger partial charge in [-0.15, -0.1) is 11.3 Å². The fourth-order valence-electron chi connectivity index (χ4n) is 3.39. The molecule has 0 saturated carbocycles. The van der Waals surface area contributed by atoms with E-state index in [4.69, 9.17) is 14.2 Å². The highest BCUT2D eigenvalue weighted by Crippen LogP contribution is 2.41. The summed E-state index contributed by atoms with van der Waals surface area (Å²) in [5.74, 6) is 1.05. The molecule has 0 radical (unpaired) electrons. The summed E-state index contributed by atoms with van der Waals surface area (Å²) in [6.07, 6.45) is 1.54. The summed E-state index contributed by atoms with van der Waals surface area (Å²) in [6.45, 7) is 0.443. The van der Waals surface area contributed by atoms with Crippen molar-refractivity contribution >= 4 is 27.0 Å². The minimum atomic E-state index is -3.99. The first kappa shape index (κ1) is 22.7. The van der Waals surface area contributed by atoms with Crippen molar-refractivity contribution in [2.24, 2.45) is 0 Å². The van der Waals surface area contributed by atoms with E-state index in [1.54, 1.807) is 10.9 Å². The van der Waals surface area contributed by atoms with E-state index in [2.05, 4.69) is 9.82 Å². The van der Waals surface area contributed by atoms with Crippen molar-refractivity contribution in [1.29, 1.82) is 0 Å². The molecule has 0 amide bonds. The smallest absolute Gasteiger partial charge is 0.265 e. The highest BCUT2D eigenvalue weighted by molar-refractivity contribution is 7.92. The molecule has 4 aromatic rings. The molecule has 0 aliphatic carbocycles. The molecule has 1 N–H and O–H groups in total. The van der Waals surface area contributed by atoms with Crippen LogP contribution in [0.25, 0.3) is 10.6 Å². The molecule has 0 bridgehead atoms. The van der Waals surface area contributed by atoms with Gasteiger partial charge in [-0.25, -0.2) is 8.42 Å². The summed E-state index contributed by atoms with van der Waals surface area (Å²) in [4.78, 5) is 0.835. The highest BCUT2D eigenvalue weighted by Gasteiger charge is 2.26. The van der Waals surface area contributed by atoms with Crippen LogP contribution in [0.15, 0.2) is 71.1 Å². The van der Waals surface area contributed by atoms with Crippen molar-refractivity contribution in [2.75, 3.05) is 26.1 Å². The first-order valence-electron chi connectivity index (χ1n) is 9.93. The van der Waals surface area contributed by atoms with Crippen LogP contribution in [-0.4, -0.2) is 39.5 Å². The second kappa shape index (κ2) is 9.55. The van der Waals surface area contributed by atoms with Crippen molar-refractivity contribution in [3.63, 3.8) is 0 Å². The van der Waals surface area contributed by atoms with E-state index in [1.165, 1.54) is 44.8 Å². The van der Waals surface area contributed by atoms with Gasteiger partial charge >= 0.3 is 0 Å². The van der Waals surface area contributed by atoms with Gasteiger partial charge in [0.05, 0.1) is 38.4 Å². The molecule has 0 aliphatic heterocycles. The third-order valence-electron chi connectivity index (χ3n) is 4.88. The first-order chi connectivity index (χ1) is 15.9. The van der Waals surface area contributed by atoms with E-state index in [9.17, 15) is 8.42 Å². The Morgan fingerprint density at radius 1 is 0.970 bits per heavy atom. The number of nitrogens with one attached hydrogen (secondary N) is 1. The zero-order chi connectivity index (χ0) is 23.4. The Balaban J connectivity index is 1.74. The fourth-order valence-corrected chi connectivity index (χ4v) is 5.38. The number of benzene rings is 2. The number of ether oxygens (including phenoxy) is 3. The van der Waals surface area contributed by atoms with Crippen LogP contribution in [0.5, 0.6) is 17.2 Å². The number of rotatable bonds is 9. The summed E-state index contributed by atoms with van der Waals surface area (Å²) in [5, 5.41) is 6.47. The second-order valence-corrected chi connectivity index (χ2v) is 9.62. The number of hydrogen-bond acceptors (Lipinski definition) is 7. The molecule has 0 spiro atoms. The van der Waals surface area contributed by atoms with Gasteiger partial charge in [0.25, 0.3) is 10.0 Å². The van der Waals surface area contributed by atoms with Crippen LogP contribution in [0.2, 0.25) is 0 Å². The van der Waals surface area contributed by atoms with Crippen LogP contribution in [0.3, 0.4) is 0 Å². The zero-order valence-corrected chi connectivity index (χ0v) is 19.9. The van der Waals surface area contributed by atoms with Gasteiger partial charge < -0.3 is 14.2 Å². The summed E-state index contributed by atoms with van der Waals surface area (Å²) in [7, 11) is 0.436. The predicted octanol–water partition coefficient (Wildman–Crippen LogP) is 4.49. The predicted molar refractivity (Wildman–Crippen MR) is 128 cm³/mol. The summed E-state index contributed by atoms with van der Waals surface area (Å²) in [5.41, 5.74) is 1.68. The van der Waals surface area contributed by atoms with Gasteiger partial charge in [0.2, 0.25) is 5.75 Å². The molecular weight excluding hydrogens is 462 g/mol. The molecule has 8 nitrogen and oxygen atoms in total. The molecule has 0 aliphatic rings. The maximum absolute atomic E-state index is 13.5. The van der Waals surface area contributed by atoms with Gasteiger partial charge in [-0.3, -0.25) is 9.40 Å². The van der Waals surface area contributed by atoms with E-state index in [-0.39, 0.29) is 10.6 Å². The second-order valence-electron chi connectivity index (χ2n) is 7.02. The van der Waals surface area contributed by atoms with Crippen LogP contribution in [0.4, 0.5) is 5.69 Å². The third-order valence-corrected chi connectivity index (χ3v) is 7.14. The lowest BCUT2D eigenvalue weighted by atomic mass is 10.2. The Bertz CT molecular complexity index is 1310. The normalized spacial score (nSPS) is 11.2. The number of thiophene rings is 1. The number of nitrogens with zero attached hydrogens (tertiary/aromatic N) is 2. The molecule has 0 fully saturated rings. The maximum atomic E-state index is 13.5. The van der Waals surface area contributed by atoms with Crippen molar-refractivity contribution in [1.82, 2.24) is 9.78 Å². The SMILES string of the molecule is COc1cc(NS(=O)(=O)c2cn(Cc3ccccc3)nc2-c2cccs2)cc(OC)c1OC. The molecule has 0 atom stereocenters. The quantitative estimate of drug-likeness (QED) is 0.376. The first-order valence-corrected chi connectivity index (χ1v) is 12.3. The highest BCUT2D eigenvalue weighted by atomic mass is 32.2. The molecule has 33 heavy (non-hydrogen) atoms. The van der Waals surface area contributed by atoms with Gasteiger partial charge in [-0.2, -0.15) is 5.10 Å². The minimum absolute atomic E-state index is 0.0784. The molecular formula is C23H23N3O5S2. The lowest BCUT2D eigenvalue weighted by molar-refractivity contribution is 0.325. The van der Waals surface area contributed by atoms with E-state index >= 15 is 0 Å². The van der Waals surface area contributed by atoms with Crippen molar-refractivity contribution < 1.29 is 22.6 Å². The van der Waals surface area contributed by atoms with Gasteiger partial charge in [0, 0.05) is 18.3 Å². The largest absolute Gasteiger partial charge is 0.493 e. The van der Waals surface area contributed by atoms with Gasteiger partial charge in [-0.05, 0) is 17.0 Å². The summed E-state index contributed by atoms with van der Waals surface area (Å²) in [6, 6.07) is 16.5. The van der Waals surface area contributed by atoms with Crippen LogP contribution < -0.4 is 18.9 Å². The Morgan fingerprint density at radius 3 is 2.24 bits per heavy atom. The molecule has 4 rings (SSSR count). The monoisotopic (exact) mass is 485 g/mol. The number of sulfonamides is 1. The molecule has 2 heterocycles. The average Bonchev–Trinajstić information content (AvgIpc) is 3.49. The molecule has 10 heteroatoms. The number of aromatic nitrogens is 2. The lowest BCUT2D eigenvalue weighted by Gasteiger charge is -2.15. The van der Waals surface area contributed by atoms with Crippen molar-refractivity contribution in [2.45, 2.75) is 11.4 Å². The van der Waals surface area contributed by atoms with Gasteiger partial charge in [-0.1, -0.05) is 36.4 Å². The molecule has 0 saturated heterocycles. The topological polar surface area (TPSA) is 91.7 Å². The number of methoxy groups -OCH3 is 3. The lowest BCUT2D eigenvalue weighted by Crippen LogP contribution is -2.13. The Hall–Kier alpha value is -3.50. The van der Waals surface area contributed by atoms with Crippen LogP contribution >= 0.6 is 11.3 Å². The van der Waals surface area contributed by atoms with Crippen LogP contribution in [0, 0.1) is 0 Å². The van der Waals surface area contributed by atoms with E-state index < -0.39 is 10.0 Å². The minimum Gasteiger partial charge on any atom is -0.493 e. The van der Waals surface area contributed by atoms with E-state index in [0.29, 0.717) is 29.5 Å². The zero-order valence-electron chi connectivity index (χ0n) is 18.3. The van der Waals surface area contributed by atoms with Crippen LogP contribution in [0.1, 0.15) is 5.56 Å². The van der Waals surface area contributed by atoms with Crippen molar-refractivity contribution in [3.8, 4) is 27.8 Å². The number of anilines is 1. The van der Waals surface area contributed by atoms with Gasteiger partial charge in [0.1, 0.15) is 10.6 Å². The van der Waals surface area contributed by atoms with Crippen molar-refractivity contribution in [3.05, 3.63) is 71.7 Å². The Labute approximate surface area is 196 Å².